The van der Waals surface area contributed by atoms with E-state index in [-0.39, 0.29) is 0 Å². The number of aromatic amines is 1. The van der Waals surface area contributed by atoms with E-state index < -0.39 is 0 Å². The van der Waals surface area contributed by atoms with Gasteiger partial charge in [0.05, 0.1) is 17.2 Å². The molecule has 124 valence electrons. The zero-order valence-corrected chi connectivity index (χ0v) is 13.8. The van der Waals surface area contributed by atoms with Crippen molar-refractivity contribution < 1.29 is 5.21 Å². The summed E-state index contributed by atoms with van der Waals surface area (Å²) < 4.78 is 0. The van der Waals surface area contributed by atoms with Gasteiger partial charge in [0.15, 0.2) is 0 Å². The molecule has 5 rings (SSSR count). The fraction of sp³-hybridized carbons (Fsp3) is 0. The fourth-order valence-corrected chi connectivity index (χ4v) is 3.55. The summed E-state index contributed by atoms with van der Waals surface area (Å²) in [6.45, 7) is 0. The second-order valence-electron chi connectivity index (χ2n) is 6.27. The Morgan fingerprint density at radius 3 is 2.08 bits per heavy atom. The maximum Gasteiger partial charge on any atom is 0.138 e. The molecular weight excluding hydrogens is 322 g/mol. The molecule has 0 bridgehead atoms. The number of benzene rings is 4. The lowest BCUT2D eigenvalue weighted by Crippen LogP contribution is -1.83. The van der Waals surface area contributed by atoms with Crippen molar-refractivity contribution in [2.75, 3.05) is 0 Å². The van der Waals surface area contributed by atoms with Crippen LogP contribution in [0.4, 0.5) is 0 Å². The largest absolute Gasteiger partial charge is 0.411 e. The van der Waals surface area contributed by atoms with E-state index in [0.717, 1.165) is 33.4 Å². The molecule has 4 aromatic carbocycles. The first-order chi connectivity index (χ1) is 12.8. The SMILES string of the molecule is O/N=C/c1ccc(-c2nc3c4ccccc4c4ccccc4c3[nH]2)cc1. The molecule has 1 aromatic heterocycles. The normalized spacial score (nSPS) is 11.8. The molecule has 0 atom stereocenters. The topological polar surface area (TPSA) is 61.3 Å². The van der Waals surface area contributed by atoms with Crippen molar-refractivity contribution in [3.8, 4) is 11.4 Å². The number of H-pyrrole nitrogens is 1. The minimum Gasteiger partial charge on any atom is -0.411 e. The van der Waals surface area contributed by atoms with Crippen molar-refractivity contribution in [3.63, 3.8) is 0 Å². The van der Waals surface area contributed by atoms with Crippen LogP contribution in [-0.4, -0.2) is 21.4 Å². The van der Waals surface area contributed by atoms with Gasteiger partial charge in [-0.15, -0.1) is 0 Å². The van der Waals surface area contributed by atoms with Gasteiger partial charge in [-0.25, -0.2) is 4.98 Å². The fourth-order valence-electron chi connectivity index (χ4n) is 3.55. The third-order valence-corrected chi connectivity index (χ3v) is 4.76. The number of rotatable bonds is 2. The summed E-state index contributed by atoms with van der Waals surface area (Å²) in [5.74, 6) is 0.828. The Morgan fingerprint density at radius 2 is 1.38 bits per heavy atom. The molecule has 0 aliphatic carbocycles. The van der Waals surface area contributed by atoms with Crippen LogP contribution in [0, 0.1) is 0 Å². The van der Waals surface area contributed by atoms with Gasteiger partial charge in [0.1, 0.15) is 5.82 Å². The summed E-state index contributed by atoms with van der Waals surface area (Å²) in [6.07, 6.45) is 1.41. The summed E-state index contributed by atoms with van der Waals surface area (Å²) >= 11 is 0. The highest BCUT2D eigenvalue weighted by Gasteiger charge is 2.13. The molecule has 1 heterocycles. The number of hydrogen-bond acceptors (Lipinski definition) is 3. The van der Waals surface area contributed by atoms with Crippen molar-refractivity contribution in [1.82, 2.24) is 9.97 Å². The molecule has 0 saturated carbocycles. The van der Waals surface area contributed by atoms with Crippen molar-refractivity contribution >= 4 is 38.8 Å². The number of oxime groups is 1. The van der Waals surface area contributed by atoms with Crippen LogP contribution >= 0.6 is 0 Å². The van der Waals surface area contributed by atoms with Gasteiger partial charge >= 0.3 is 0 Å². The summed E-state index contributed by atoms with van der Waals surface area (Å²) in [7, 11) is 0. The molecule has 26 heavy (non-hydrogen) atoms. The van der Waals surface area contributed by atoms with E-state index in [0.29, 0.717) is 0 Å². The highest BCUT2D eigenvalue weighted by Crippen LogP contribution is 2.35. The van der Waals surface area contributed by atoms with Crippen LogP contribution in [-0.2, 0) is 0 Å². The van der Waals surface area contributed by atoms with Gasteiger partial charge in [-0.05, 0) is 16.3 Å². The van der Waals surface area contributed by atoms with E-state index in [1.54, 1.807) is 0 Å². The number of aromatic nitrogens is 2. The van der Waals surface area contributed by atoms with Gasteiger partial charge in [0.25, 0.3) is 0 Å². The average molecular weight is 337 g/mol. The molecule has 2 N–H and O–H groups in total. The second kappa shape index (κ2) is 5.70. The highest BCUT2D eigenvalue weighted by atomic mass is 16.4. The minimum absolute atomic E-state index is 0.828. The quantitative estimate of drug-likeness (QED) is 0.197. The van der Waals surface area contributed by atoms with Crippen molar-refractivity contribution in [2.45, 2.75) is 0 Å². The van der Waals surface area contributed by atoms with Crippen LogP contribution < -0.4 is 0 Å². The Morgan fingerprint density at radius 1 is 0.769 bits per heavy atom. The number of imidazole rings is 1. The van der Waals surface area contributed by atoms with E-state index in [1.165, 1.54) is 22.4 Å². The Labute approximate surface area is 149 Å². The van der Waals surface area contributed by atoms with Crippen molar-refractivity contribution in [3.05, 3.63) is 78.4 Å². The Bertz CT molecular complexity index is 1210. The molecule has 0 aliphatic rings. The van der Waals surface area contributed by atoms with Gasteiger partial charge < -0.3 is 10.2 Å². The lowest BCUT2D eigenvalue weighted by Gasteiger charge is -2.05. The Kier molecular flexibility index (Phi) is 3.22. The van der Waals surface area contributed by atoms with Crippen LogP contribution in [0.15, 0.2) is 78.0 Å². The molecule has 0 amide bonds. The summed E-state index contributed by atoms with van der Waals surface area (Å²) in [4.78, 5) is 8.40. The first kappa shape index (κ1) is 14.7. The molecule has 4 heteroatoms. The first-order valence-electron chi connectivity index (χ1n) is 8.42. The van der Waals surface area contributed by atoms with Crippen LogP contribution in [0.1, 0.15) is 5.56 Å². The van der Waals surface area contributed by atoms with Crippen molar-refractivity contribution in [1.29, 1.82) is 0 Å². The van der Waals surface area contributed by atoms with E-state index in [9.17, 15) is 0 Å². The second-order valence-corrected chi connectivity index (χ2v) is 6.27. The van der Waals surface area contributed by atoms with Gasteiger partial charge in [-0.3, -0.25) is 0 Å². The highest BCUT2D eigenvalue weighted by molar-refractivity contribution is 6.23. The standard InChI is InChI=1S/C22H15N3O/c26-23-13-14-9-11-15(12-10-14)22-24-20-18-7-3-1-5-16(18)17-6-2-4-8-19(17)21(20)25-22/h1-13,26H,(H,24,25)/b23-13+. The molecule has 0 fully saturated rings. The van der Waals surface area contributed by atoms with E-state index in [1.807, 2.05) is 30.3 Å². The van der Waals surface area contributed by atoms with Gasteiger partial charge in [0, 0.05) is 16.3 Å². The van der Waals surface area contributed by atoms with Crippen LogP contribution in [0.2, 0.25) is 0 Å². The maximum atomic E-state index is 8.65. The zero-order chi connectivity index (χ0) is 17.5. The molecule has 0 saturated heterocycles. The van der Waals surface area contributed by atoms with Crippen LogP contribution in [0.25, 0.3) is 44.0 Å². The molecule has 5 aromatic rings. The first-order valence-corrected chi connectivity index (χ1v) is 8.42. The zero-order valence-electron chi connectivity index (χ0n) is 13.8. The van der Waals surface area contributed by atoms with E-state index >= 15 is 0 Å². The number of nitrogens with one attached hydrogen (secondary N) is 1. The van der Waals surface area contributed by atoms with Crippen LogP contribution in [0.3, 0.4) is 0 Å². The molecule has 0 aliphatic heterocycles. The Hall–Kier alpha value is -3.66. The third-order valence-electron chi connectivity index (χ3n) is 4.76. The average Bonchev–Trinajstić information content (AvgIpc) is 3.15. The van der Waals surface area contributed by atoms with Gasteiger partial charge in [0.2, 0.25) is 0 Å². The lowest BCUT2D eigenvalue weighted by atomic mass is 10.0. The third kappa shape index (κ3) is 2.16. The molecule has 0 radical (unpaired) electrons. The predicted octanol–water partition coefficient (Wildman–Crippen LogP) is 5.34. The smallest absolute Gasteiger partial charge is 0.138 e. The van der Waals surface area contributed by atoms with Gasteiger partial charge in [-0.1, -0.05) is 78.0 Å². The predicted molar refractivity (Wildman–Crippen MR) is 106 cm³/mol. The van der Waals surface area contributed by atoms with E-state index in [4.69, 9.17) is 10.2 Å². The Balaban J connectivity index is 1.82. The maximum absolute atomic E-state index is 8.65. The number of hydrogen-bond donors (Lipinski definition) is 2. The minimum atomic E-state index is 0.828. The van der Waals surface area contributed by atoms with Gasteiger partial charge in [-0.2, -0.15) is 0 Å². The molecule has 4 nitrogen and oxygen atoms in total. The number of fused-ring (bicyclic) bond motifs is 6. The lowest BCUT2D eigenvalue weighted by molar-refractivity contribution is 0.322. The van der Waals surface area contributed by atoms with E-state index in [2.05, 4.69) is 52.6 Å². The number of nitrogens with zero attached hydrogens (tertiary/aromatic N) is 2. The molecule has 0 unspecified atom stereocenters. The molecular formula is C22H15N3O. The van der Waals surface area contributed by atoms with Crippen molar-refractivity contribution in [2.24, 2.45) is 5.16 Å². The van der Waals surface area contributed by atoms with Crippen LogP contribution in [0.5, 0.6) is 0 Å². The summed E-state index contributed by atoms with van der Waals surface area (Å²) in [5.41, 5.74) is 3.86. The molecule has 0 spiro atoms. The summed E-state index contributed by atoms with van der Waals surface area (Å²) in [6, 6.07) is 24.5. The summed E-state index contributed by atoms with van der Waals surface area (Å²) in [5, 5.41) is 16.5. The monoisotopic (exact) mass is 337 g/mol.